The number of carboxylic acids is 1. The zero-order valence-corrected chi connectivity index (χ0v) is 10.5. The SMILES string of the molecule is COc1ccc2nc(N(C)C)c(C(=O)O)cc2c1. The van der Waals surface area contributed by atoms with Crippen molar-refractivity contribution >= 4 is 22.7 Å². The van der Waals surface area contributed by atoms with Crippen molar-refractivity contribution in [3.63, 3.8) is 0 Å². The Labute approximate surface area is 105 Å². The number of carboxylic acid groups (broad SMARTS) is 1. The lowest BCUT2D eigenvalue weighted by molar-refractivity contribution is 0.0697. The molecule has 1 aromatic carbocycles. The van der Waals surface area contributed by atoms with Crippen molar-refractivity contribution in [1.82, 2.24) is 4.98 Å². The van der Waals surface area contributed by atoms with Gasteiger partial charge in [-0.2, -0.15) is 0 Å². The molecule has 5 nitrogen and oxygen atoms in total. The average Bonchev–Trinajstić information content (AvgIpc) is 2.36. The van der Waals surface area contributed by atoms with Crippen LogP contribution in [0.3, 0.4) is 0 Å². The fourth-order valence-corrected chi connectivity index (χ4v) is 1.77. The summed E-state index contributed by atoms with van der Waals surface area (Å²) in [5, 5.41) is 9.95. The van der Waals surface area contributed by atoms with E-state index in [-0.39, 0.29) is 5.56 Å². The maximum Gasteiger partial charge on any atom is 0.339 e. The van der Waals surface area contributed by atoms with Crippen LogP contribution in [0.15, 0.2) is 24.3 Å². The summed E-state index contributed by atoms with van der Waals surface area (Å²) in [6, 6.07) is 7.00. The third kappa shape index (κ3) is 2.07. The summed E-state index contributed by atoms with van der Waals surface area (Å²) in [6.07, 6.45) is 0. The van der Waals surface area contributed by atoms with Gasteiger partial charge >= 0.3 is 5.97 Å². The molecule has 0 aliphatic rings. The molecule has 94 valence electrons. The highest BCUT2D eigenvalue weighted by atomic mass is 16.5. The van der Waals surface area contributed by atoms with Crippen molar-refractivity contribution in [2.24, 2.45) is 0 Å². The van der Waals surface area contributed by atoms with Crippen LogP contribution >= 0.6 is 0 Å². The summed E-state index contributed by atoms with van der Waals surface area (Å²) in [4.78, 5) is 17.3. The van der Waals surface area contributed by atoms with Crippen LogP contribution in [-0.2, 0) is 0 Å². The second-order valence-corrected chi connectivity index (χ2v) is 4.12. The predicted molar refractivity (Wildman–Crippen MR) is 69.6 cm³/mol. The van der Waals surface area contributed by atoms with E-state index in [0.717, 1.165) is 10.9 Å². The van der Waals surface area contributed by atoms with Crippen molar-refractivity contribution < 1.29 is 14.6 Å². The number of carbonyl (C=O) groups is 1. The second-order valence-electron chi connectivity index (χ2n) is 4.12. The first-order valence-electron chi connectivity index (χ1n) is 5.42. The molecule has 0 fully saturated rings. The molecule has 0 saturated heterocycles. The topological polar surface area (TPSA) is 62.7 Å². The van der Waals surface area contributed by atoms with Crippen molar-refractivity contribution in [2.75, 3.05) is 26.1 Å². The molecule has 0 aliphatic heterocycles. The number of ether oxygens (including phenoxy) is 1. The minimum absolute atomic E-state index is 0.181. The Morgan fingerprint density at radius 1 is 1.33 bits per heavy atom. The molecule has 0 bridgehead atoms. The summed E-state index contributed by atoms with van der Waals surface area (Å²) >= 11 is 0. The number of hydrogen-bond donors (Lipinski definition) is 1. The molecule has 0 saturated carbocycles. The van der Waals surface area contributed by atoms with Gasteiger partial charge in [0.15, 0.2) is 0 Å². The van der Waals surface area contributed by atoms with Gasteiger partial charge in [-0.25, -0.2) is 9.78 Å². The van der Waals surface area contributed by atoms with E-state index in [1.807, 2.05) is 6.07 Å². The first kappa shape index (κ1) is 12.2. The fraction of sp³-hybridized carbons (Fsp3) is 0.231. The van der Waals surface area contributed by atoms with Crippen molar-refractivity contribution in [3.05, 3.63) is 29.8 Å². The first-order chi connectivity index (χ1) is 8.52. The van der Waals surface area contributed by atoms with E-state index in [9.17, 15) is 9.90 Å². The van der Waals surface area contributed by atoms with Gasteiger partial charge < -0.3 is 14.7 Å². The number of aromatic carboxylic acids is 1. The maximum atomic E-state index is 11.2. The average molecular weight is 246 g/mol. The van der Waals surface area contributed by atoms with Gasteiger partial charge in [-0.15, -0.1) is 0 Å². The molecule has 0 aliphatic carbocycles. The quantitative estimate of drug-likeness (QED) is 0.897. The lowest BCUT2D eigenvalue weighted by Crippen LogP contribution is -2.15. The molecule has 1 N–H and O–H groups in total. The Hall–Kier alpha value is -2.30. The molecule has 0 atom stereocenters. The standard InChI is InChI=1S/C13H14N2O3/c1-15(2)12-10(13(16)17)7-8-6-9(18-3)4-5-11(8)14-12/h4-7H,1-3H3,(H,16,17). The maximum absolute atomic E-state index is 11.2. The molecule has 5 heteroatoms. The van der Waals surface area contributed by atoms with E-state index in [0.29, 0.717) is 11.6 Å². The van der Waals surface area contributed by atoms with E-state index >= 15 is 0 Å². The number of anilines is 1. The molecule has 1 heterocycles. The highest BCUT2D eigenvalue weighted by molar-refractivity contribution is 5.98. The van der Waals surface area contributed by atoms with Crippen LogP contribution in [0.4, 0.5) is 5.82 Å². The molecule has 0 amide bonds. The highest BCUT2D eigenvalue weighted by Gasteiger charge is 2.15. The van der Waals surface area contributed by atoms with E-state index in [1.54, 1.807) is 44.3 Å². The van der Waals surface area contributed by atoms with E-state index in [2.05, 4.69) is 4.98 Å². The van der Waals surface area contributed by atoms with Gasteiger partial charge in [-0.1, -0.05) is 0 Å². The van der Waals surface area contributed by atoms with Crippen LogP contribution in [0.1, 0.15) is 10.4 Å². The van der Waals surface area contributed by atoms with E-state index in [4.69, 9.17) is 4.74 Å². The monoisotopic (exact) mass is 246 g/mol. The third-order valence-electron chi connectivity index (χ3n) is 2.66. The molecule has 2 aromatic rings. The van der Waals surface area contributed by atoms with Gasteiger partial charge in [0.2, 0.25) is 0 Å². The fourth-order valence-electron chi connectivity index (χ4n) is 1.77. The molecule has 0 radical (unpaired) electrons. The van der Waals surface area contributed by atoms with Gasteiger partial charge in [-0.05, 0) is 24.3 Å². The Kier molecular flexibility index (Phi) is 3.06. The lowest BCUT2D eigenvalue weighted by Gasteiger charge is -2.15. The van der Waals surface area contributed by atoms with Crippen LogP contribution in [0.5, 0.6) is 5.75 Å². The second kappa shape index (κ2) is 4.52. The number of nitrogens with zero attached hydrogens (tertiary/aromatic N) is 2. The number of hydrogen-bond acceptors (Lipinski definition) is 4. The van der Waals surface area contributed by atoms with E-state index in [1.165, 1.54) is 0 Å². The number of aromatic nitrogens is 1. The van der Waals surface area contributed by atoms with Crippen LogP contribution in [0, 0.1) is 0 Å². The largest absolute Gasteiger partial charge is 0.497 e. The summed E-state index contributed by atoms with van der Waals surface area (Å²) in [7, 11) is 5.11. The Morgan fingerprint density at radius 2 is 2.06 bits per heavy atom. The highest BCUT2D eigenvalue weighted by Crippen LogP contribution is 2.25. The summed E-state index contributed by atoms with van der Waals surface area (Å²) < 4.78 is 5.11. The Bertz CT molecular complexity index is 608. The molecule has 0 spiro atoms. The number of pyridine rings is 1. The normalized spacial score (nSPS) is 10.4. The van der Waals surface area contributed by atoms with Crippen molar-refractivity contribution in [1.29, 1.82) is 0 Å². The number of rotatable bonds is 3. The number of benzene rings is 1. The van der Waals surface area contributed by atoms with Crippen molar-refractivity contribution in [3.8, 4) is 5.75 Å². The molecule has 0 unspecified atom stereocenters. The minimum atomic E-state index is -0.990. The zero-order valence-electron chi connectivity index (χ0n) is 10.5. The summed E-state index contributed by atoms with van der Waals surface area (Å²) in [5.41, 5.74) is 0.922. The van der Waals surface area contributed by atoms with Gasteiger partial charge in [0.1, 0.15) is 17.1 Å². The summed E-state index contributed by atoms with van der Waals surface area (Å²) in [5.74, 6) is 0.134. The van der Waals surface area contributed by atoms with Crippen molar-refractivity contribution in [2.45, 2.75) is 0 Å². The van der Waals surface area contributed by atoms with Crippen LogP contribution in [0.25, 0.3) is 10.9 Å². The van der Waals surface area contributed by atoms with Gasteiger partial charge in [0, 0.05) is 19.5 Å². The van der Waals surface area contributed by atoms with Gasteiger partial charge in [0.25, 0.3) is 0 Å². The third-order valence-corrected chi connectivity index (χ3v) is 2.66. The first-order valence-corrected chi connectivity index (χ1v) is 5.42. The molecule has 18 heavy (non-hydrogen) atoms. The van der Waals surface area contributed by atoms with Gasteiger partial charge in [-0.3, -0.25) is 0 Å². The smallest absolute Gasteiger partial charge is 0.339 e. The van der Waals surface area contributed by atoms with E-state index < -0.39 is 5.97 Å². The molecule has 2 rings (SSSR count). The lowest BCUT2D eigenvalue weighted by atomic mass is 10.1. The summed E-state index contributed by atoms with van der Waals surface area (Å²) in [6.45, 7) is 0. The predicted octanol–water partition coefficient (Wildman–Crippen LogP) is 2.01. The minimum Gasteiger partial charge on any atom is -0.497 e. The molecular weight excluding hydrogens is 232 g/mol. The molecule has 1 aromatic heterocycles. The van der Waals surface area contributed by atoms with Gasteiger partial charge in [0.05, 0.1) is 12.6 Å². The van der Waals surface area contributed by atoms with Crippen LogP contribution in [-0.4, -0.2) is 37.3 Å². The molecular formula is C13H14N2O3. The Balaban J connectivity index is 2.72. The number of fused-ring (bicyclic) bond motifs is 1. The van der Waals surface area contributed by atoms with Crippen LogP contribution < -0.4 is 9.64 Å². The zero-order chi connectivity index (χ0) is 13.3. The van der Waals surface area contributed by atoms with Crippen LogP contribution in [0.2, 0.25) is 0 Å². The Morgan fingerprint density at radius 3 is 2.61 bits per heavy atom. The number of methoxy groups -OCH3 is 1.